The number of carboxylic acid groups (broad SMARTS) is 1. The molecule has 2 N–H and O–H groups in total. The fourth-order valence-corrected chi connectivity index (χ4v) is 4.77. The Morgan fingerprint density at radius 1 is 1.50 bits per heavy atom. The second-order valence-corrected chi connectivity index (χ2v) is 6.94. The zero-order valence-electron chi connectivity index (χ0n) is 8.21. The number of carboxylic acids is 1. The lowest BCUT2D eigenvalue weighted by atomic mass is 9.98. The van der Waals surface area contributed by atoms with Gasteiger partial charge in [-0.15, -0.1) is 11.3 Å². The first-order valence-electron chi connectivity index (χ1n) is 4.58. The number of hydrogen-bond acceptors (Lipinski definition) is 5. The lowest BCUT2D eigenvalue weighted by Crippen LogP contribution is -2.27. The zero-order valence-corrected chi connectivity index (χ0v) is 9.84. The van der Waals surface area contributed by atoms with Gasteiger partial charge in [-0.05, 0) is 17.9 Å². The Kier molecular flexibility index (Phi) is 2.56. The summed E-state index contributed by atoms with van der Waals surface area (Å²) in [5.74, 6) is -1.63. The summed E-state index contributed by atoms with van der Waals surface area (Å²) >= 11 is 1.08. The lowest BCUT2D eigenvalue weighted by Gasteiger charge is -2.19. The van der Waals surface area contributed by atoms with Crippen molar-refractivity contribution in [2.24, 2.45) is 0 Å². The van der Waals surface area contributed by atoms with Gasteiger partial charge in [0.15, 0.2) is 9.84 Å². The minimum absolute atomic E-state index is 0.00963. The van der Waals surface area contributed by atoms with E-state index in [1.807, 2.05) is 0 Å². The quantitative estimate of drug-likeness (QED) is 0.807. The van der Waals surface area contributed by atoms with Crippen LogP contribution in [0.1, 0.15) is 21.7 Å². The topological polar surface area (TPSA) is 91.7 Å². The number of sulfone groups is 1. The highest BCUT2D eigenvalue weighted by Gasteiger charge is 2.44. The molecule has 5 nitrogen and oxygen atoms in total. The van der Waals surface area contributed by atoms with E-state index in [0.29, 0.717) is 0 Å². The third-order valence-corrected chi connectivity index (χ3v) is 5.45. The van der Waals surface area contributed by atoms with Crippen LogP contribution in [0.5, 0.6) is 0 Å². The molecule has 1 aromatic heterocycles. The molecule has 0 spiro atoms. The molecular weight excluding hydrogens is 252 g/mol. The summed E-state index contributed by atoms with van der Waals surface area (Å²) in [5.41, 5.74) is -1.54. The summed E-state index contributed by atoms with van der Waals surface area (Å²) in [6, 6.07) is 1.38. The Hall–Kier alpha value is -0.920. The van der Waals surface area contributed by atoms with Crippen molar-refractivity contribution in [1.29, 1.82) is 0 Å². The summed E-state index contributed by atoms with van der Waals surface area (Å²) in [6.45, 7) is 0. The van der Waals surface area contributed by atoms with Gasteiger partial charge in [0.05, 0.1) is 21.9 Å². The molecule has 0 radical (unpaired) electrons. The lowest BCUT2D eigenvalue weighted by molar-refractivity contribution is 0.0598. The van der Waals surface area contributed by atoms with Crippen molar-refractivity contribution in [2.45, 2.75) is 12.0 Å². The molecule has 1 atom stereocenters. The van der Waals surface area contributed by atoms with Crippen molar-refractivity contribution in [3.8, 4) is 0 Å². The highest BCUT2D eigenvalue weighted by molar-refractivity contribution is 7.91. The van der Waals surface area contributed by atoms with Crippen LogP contribution in [0, 0.1) is 0 Å². The summed E-state index contributed by atoms with van der Waals surface area (Å²) < 4.78 is 22.6. The van der Waals surface area contributed by atoms with Gasteiger partial charge in [0.2, 0.25) is 0 Å². The average Bonchev–Trinajstić information content (AvgIpc) is 2.71. The monoisotopic (exact) mass is 262 g/mol. The molecule has 0 saturated carbocycles. The highest BCUT2D eigenvalue weighted by Crippen LogP contribution is 2.38. The normalized spacial score (nSPS) is 28.1. The van der Waals surface area contributed by atoms with Crippen molar-refractivity contribution < 1.29 is 23.4 Å². The second kappa shape index (κ2) is 3.54. The van der Waals surface area contributed by atoms with Gasteiger partial charge in [0.25, 0.3) is 0 Å². The molecule has 2 heterocycles. The van der Waals surface area contributed by atoms with Crippen LogP contribution >= 0.6 is 11.3 Å². The van der Waals surface area contributed by atoms with E-state index >= 15 is 0 Å². The summed E-state index contributed by atoms with van der Waals surface area (Å²) in [6.07, 6.45) is 0.0656. The molecule has 1 aliphatic heterocycles. The molecular formula is C9H10O5S2. The fraction of sp³-hybridized carbons (Fsp3) is 0.444. The van der Waals surface area contributed by atoms with Gasteiger partial charge in [0.1, 0.15) is 5.60 Å². The largest absolute Gasteiger partial charge is 0.478 e. The van der Waals surface area contributed by atoms with E-state index in [0.717, 1.165) is 11.3 Å². The van der Waals surface area contributed by atoms with E-state index in [1.165, 1.54) is 6.07 Å². The molecule has 0 amide bonds. The summed E-state index contributed by atoms with van der Waals surface area (Å²) in [5, 5.41) is 20.6. The molecule has 88 valence electrons. The van der Waals surface area contributed by atoms with Crippen molar-refractivity contribution in [3.05, 3.63) is 21.9 Å². The van der Waals surface area contributed by atoms with Gasteiger partial charge in [-0.2, -0.15) is 0 Å². The Labute approximate surface area is 96.3 Å². The third-order valence-electron chi connectivity index (χ3n) is 2.60. The minimum atomic E-state index is -3.26. The van der Waals surface area contributed by atoms with Gasteiger partial charge in [-0.25, -0.2) is 13.2 Å². The maximum Gasteiger partial charge on any atom is 0.336 e. The van der Waals surface area contributed by atoms with Crippen LogP contribution in [-0.2, 0) is 15.4 Å². The van der Waals surface area contributed by atoms with Crippen LogP contribution in [0.4, 0.5) is 0 Å². The van der Waals surface area contributed by atoms with Crippen molar-refractivity contribution in [1.82, 2.24) is 0 Å². The van der Waals surface area contributed by atoms with E-state index in [2.05, 4.69) is 0 Å². The van der Waals surface area contributed by atoms with E-state index in [9.17, 15) is 18.3 Å². The highest BCUT2D eigenvalue weighted by atomic mass is 32.2. The molecule has 16 heavy (non-hydrogen) atoms. The molecule has 2 rings (SSSR count). The molecule has 1 unspecified atom stereocenters. The summed E-state index contributed by atoms with van der Waals surface area (Å²) in [7, 11) is -3.26. The smallest absolute Gasteiger partial charge is 0.336 e. The fourth-order valence-electron chi connectivity index (χ4n) is 1.85. The number of rotatable bonds is 2. The first-order chi connectivity index (χ1) is 7.34. The van der Waals surface area contributed by atoms with E-state index in [4.69, 9.17) is 5.11 Å². The number of hydrogen-bond donors (Lipinski definition) is 2. The molecule has 1 saturated heterocycles. The number of carbonyl (C=O) groups is 1. The molecule has 1 fully saturated rings. The maximum atomic E-state index is 11.3. The Morgan fingerprint density at radius 2 is 2.19 bits per heavy atom. The standard InChI is InChI=1S/C9H10O5S2/c10-8(11)6-1-3-15-7(6)9(12)2-4-16(13,14)5-9/h1,3,12H,2,4-5H2,(H,10,11). The van der Waals surface area contributed by atoms with E-state index in [-0.39, 0.29) is 28.4 Å². The minimum Gasteiger partial charge on any atom is -0.478 e. The SMILES string of the molecule is O=C(O)c1ccsc1C1(O)CCS(=O)(=O)C1. The van der Waals surface area contributed by atoms with Gasteiger partial charge in [0, 0.05) is 0 Å². The predicted molar refractivity (Wildman–Crippen MR) is 58.4 cm³/mol. The zero-order chi connectivity index (χ0) is 12.0. The maximum absolute atomic E-state index is 11.3. The molecule has 1 aliphatic rings. The number of thiophene rings is 1. The molecule has 0 aliphatic carbocycles. The Morgan fingerprint density at radius 3 is 2.69 bits per heavy atom. The van der Waals surface area contributed by atoms with Gasteiger partial charge >= 0.3 is 5.97 Å². The van der Waals surface area contributed by atoms with Gasteiger partial charge < -0.3 is 10.2 Å². The predicted octanol–water partition coefficient (Wildman–Crippen LogP) is 0.452. The van der Waals surface area contributed by atoms with Crippen LogP contribution in [-0.4, -0.2) is 36.1 Å². The van der Waals surface area contributed by atoms with Gasteiger partial charge in [-0.1, -0.05) is 0 Å². The summed E-state index contributed by atoms with van der Waals surface area (Å²) in [4.78, 5) is 11.1. The van der Waals surface area contributed by atoms with Crippen LogP contribution in [0.2, 0.25) is 0 Å². The van der Waals surface area contributed by atoms with Crippen LogP contribution in [0.15, 0.2) is 11.4 Å². The average molecular weight is 262 g/mol. The molecule has 0 bridgehead atoms. The first kappa shape index (κ1) is 11.6. The van der Waals surface area contributed by atoms with Crippen molar-refractivity contribution >= 4 is 27.1 Å². The van der Waals surface area contributed by atoms with E-state index < -0.39 is 21.4 Å². The van der Waals surface area contributed by atoms with E-state index in [1.54, 1.807) is 5.38 Å². The van der Waals surface area contributed by atoms with Crippen molar-refractivity contribution in [2.75, 3.05) is 11.5 Å². The van der Waals surface area contributed by atoms with Crippen LogP contribution < -0.4 is 0 Å². The second-order valence-electron chi connectivity index (χ2n) is 3.84. The Balaban J connectivity index is 2.45. The molecule has 7 heteroatoms. The number of aromatic carboxylic acids is 1. The molecule has 0 aromatic carbocycles. The first-order valence-corrected chi connectivity index (χ1v) is 7.28. The van der Waals surface area contributed by atoms with Crippen molar-refractivity contribution in [3.63, 3.8) is 0 Å². The third kappa shape index (κ3) is 1.85. The molecule has 1 aromatic rings. The van der Waals surface area contributed by atoms with Crippen LogP contribution in [0.3, 0.4) is 0 Å². The van der Waals surface area contributed by atoms with Gasteiger partial charge in [-0.3, -0.25) is 0 Å². The number of aliphatic hydroxyl groups is 1. The van der Waals surface area contributed by atoms with Crippen LogP contribution in [0.25, 0.3) is 0 Å². The Bertz CT molecular complexity index is 530.